The molecule has 0 spiro atoms. The average Bonchev–Trinajstić information content (AvgIpc) is 2.58. The first-order valence-corrected chi connectivity index (χ1v) is 9.45. The quantitative estimate of drug-likeness (QED) is 0.717. The number of hydrogen-bond acceptors (Lipinski definition) is 4. The number of carboxylic acids is 1. The fourth-order valence-corrected chi connectivity index (χ4v) is 3.16. The number of carboxylic acid groups (broad SMARTS) is 1. The largest absolute Gasteiger partial charge is 0.492 e. The predicted octanol–water partition coefficient (Wildman–Crippen LogP) is 4.62. The van der Waals surface area contributed by atoms with Gasteiger partial charge in [0.2, 0.25) is 0 Å². The predicted molar refractivity (Wildman–Crippen MR) is 99.6 cm³/mol. The molecule has 0 atom stereocenters. The Hall–Kier alpha value is -2.04. The van der Waals surface area contributed by atoms with E-state index in [1.165, 1.54) is 32.1 Å². The van der Waals surface area contributed by atoms with Crippen molar-refractivity contribution < 1.29 is 24.2 Å². The van der Waals surface area contributed by atoms with Crippen LogP contribution < -0.4 is 4.74 Å². The number of hydrogen-bond donors (Lipinski definition) is 1. The van der Waals surface area contributed by atoms with Crippen LogP contribution in [0.3, 0.4) is 0 Å². The lowest BCUT2D eigenvalue weighted by Crippen LogP contribution is -2.24. The van der Waals surface area contributed by atoms with Gasteiger partial charge in [-0.2, -0.15) is 0 Å². The average molecular weight is 362 g/mol. The summed E-state index contributed by atoms with van der Waals surface area (Å²) in [4.78, 5) is 23.4. The molecule has 1 saturated carbocycles. The van der Waals surface area contributed by atoms with Gasteiger partial charge in [-0.25, -0.2) is 4.79 Å². The van der Waals surface area contributed by atoms with E-state index in [1.807, 2.05) is 26.8 Å². The third kappa shape index (κ3) is 6.70. The zero-order valence-electron chi connectivity index (χ0n) is 16.0. The monoisotopic (exact) mass is 362 g/mol. The Bertz CT molecular complexity index is 624. The van der Waals surface area contributed by atoms with Crippen LogP contribution in [0.2, 0.25) is 0 Å². The van der Waals surface area contributed by atoms with Crippen LogP contribution >= 0.6 is 0 Å². The lowest BCUT2D eigenvalue weighted by atomic mass is 9.90. The number of aryl methyl sites for hydroxylation is 1. The molecular weight excluding hydrogens is 332 g/mol. The van der Waals surface area contributed by atoms with E-state index in [0.29, 0.717) is 30.3 Å². The summed E-state index contributed by atoms with van der Waals surface area (Å²) in [5.74, 6) is -0.249. The van der Waals surface area contributed by atoms with E-state index in [1.54, 1.807) is 12.1 Å². The molecule has 1 N–H and O–H groups in total. The molecular formula is C21H30O5. The van der Waals surface area contributed by atoms with Crippen LogP contribution in [-0.2, 0) is 16.0 Å². The highest BCUT2D eigenvalue weighted by Crippen LogP contribution is 2.28. The fourth-order valence-electron chi connectivity index (χ4n) is 3.16. The normalized spacial score (nSPS) is 15.5. The molecule has 0 saturated heterocycles. The smallest absolute Gasteiger partial charge is 0.342 e. The van der Waals surface area contributed by atoms with E-state index in [0.717, 1.165) is 5.56 Å². The first kappa shape index (κ1) is 20.3. The molecule has 0 amide bonds. The van der Waals surface area contributed by atoms with Crippen molar-refractivity contribution in [1.29, 1.82) is 0 Å². The second-order valence-corrected chi connectivity index (χ2v) is 8.04. The van der Waals surface area contributed by atoms with Gasteiger partial charge in [0.15, 0.2) is 0 Å². The maximum Gasteiger partial charge on any atom is 0.342 e. The molecule has 1 fully saturated rings. The van der Waals surface area contributed by atoms with Crippen molar-refractivity contribution in [2.75, 3.05) is 6.61 Å². The zero-order chi connectivity index (χ0) is 19.2. The summed E-state index contributed by atoms with van der Waals surface area (Å²) in [6.45, 7) is 6.06. The Kier molecular flexibility index (Phi) is 7.06. The fraction of sp³-hybridized carbons (Fsp3) is 0.619. The van der Waals surface area contributed by atoms with E-state index in [9.17, 15) is 9.59 Å². The number of aliphatic carboxylic acids is 1. The van der Waals surface area contributed by atoms with Gasteiger partial charge < -0.3 is 14.6 Å². The van der Waals surface area contributed by atoms with Gasteiger partial charge in [-0.15, -0.1) is 0 Å². The molecule has 0 heterocycles. The first-order chi connectivity index (χ1) is 12.2. The van der Waals surface area contributed by atoms with Gasteiger partial charge in [-0.3, -0.25) is 4.79 Å². The standard InChI is InChI=1S/C21H30O5/c1-21(2,3)26-20(24)17-13-15(10-12-19(22)23)9-11-18(17)25-14-16-7-5-4-6-8-16/h9,11,13,16H,4-8,10,12,14H2,1-3H3,(H,22,23). The second-order valence-electron chi connectivity index (χ2n) is 8.04. The maximum absolute atomic E-state index is 12.6. The van der Waals surface area contributed by atoms with Crippen LogP contribution in [0.1, 0.15) is 75.2 Å². The number of benzene rings is 1. The molecule has 0 unspecified atom stereocenters. The Morgan fingerprint density at radius 1 is 1.15 bits per heavy atom. The molecule has 2 rings (SSSR count). The molecule has 0 aromatic heterocycles. The minimum atomic E-state index is -0.860. The van der Waals surface area contributed by atoms with Crippen molar-refractivity contribution in [2.24, 2.45) is 5.92 Å². The van der Waals surface area contributed by atoms with Crippen molar-refractivity contribution in [3.63, 3.8) is 0 Å². The Labute approximate surface area is 155 Å². The van der Waals surface area contributed by atoms with Gasteiger partial charge in [-0.1, -0.05) is 25.3 Å². The molecule has 5 heteroatoms. The van der Waals surface area contributed by atoms with E-state index >= 15 is 0 Å². The summed E-state index contributed by atoms with van der Waals surface area (Å²) in [6, 6.07) is 5.29. The third-order valence-electron chi connectivity index (χ3n) is 4.49. The van der Waals surface area contributed by atoms with Gasteiger partial charge >= 0.3 is 11.9 Å². The van der Waals surface area contributed by atoms with E-state index in [2.05, 4.69) is 0 Å². The highest BCUT2D eigenvalue weighted by molar-refractivity contribution is 5.93. The van der Waals surface area contributed by atoms with E-state index in [-0.39, 0.29) is 6.42 Å². The van der Waals surface area contributed by atoms with Crippen molar-refractivity contribution >= 4 is 11.9 Å². The van der Waals surface area contributed by atoms with Crippen LogP contribution in [-0.4, -0.2) is 29.3 Å². The molecule has 1 aliphatic carbocycles. The van der Waals surface area contributed by atoms with E-state index in [4.69, 9.17) is 14.6 Å². The minimum Gasteiger partial charge on any atom is -0.492 e. The summed E-state index contributed by atoms with van der Waals surface area (Å²) < 4.78 is 11.5. The number of ether oxygens (including phenoxy) is 2. The number of esters is 1. The topological polar surface area (TPSA) is 72.8 Å². The van der Waals surface area contributed by atoms with Crippen molar-refractivity contribution in [2.45, 2.75) is 71.3 Å². The molecule has 0 bridgehead atoms. The number of carbonyl (C=O) groups excluding carboxylic acids is 1. The Morgan fingerprint density at radius 2 is 1.85 bits per heavy atom. The summed E-state index contributed by atoms with van der Waals surface area (Å²) in [5, 5.41) is 8.87. The SMILES string of the molecule is CC(C)(C)OC(=O)c1cc(CCC(=O)O)ccc1OCC1CCCCC1. The molecule has 0 radical (unpaired) electrons. The van der Waals surface area contributed by atoms with Crippen molar-refractivity contribution in [1.82, 2.24) is 0 Å². The van der Waals surface area contributed by atoms with Crippen LogP contribution in [0.25, 0.3) is 0 Å². The lowest BCUT2D eigenvalue weighted by molar-refractivity contribution is -0.136. The molecule has 1 aromatic carbocycles. The Morgan fingerprint density at radius 3 is 2.46 bits per heavy atom. The second kappa shape index (κ2) is 9.06. The van der Waals surface area contributed by atoms with Crippen LogP contribution in [0.15, 0.2) is 18.2 Å². The van der Waals surface area contributed by atoms with Gasteiger partial charge in [-0.05, 0) is 63.6 Å². The minimum absolute atomic E-state index is 0.0238. The number of rotatable bonds is 7. The molecule has 26 heavy (non-hydrogen) atoms. The van der Waals surface area contributed by atoms with Gasteiger partial charge in [0.25, 0.3) is 0 Å². The Balaban J connectivity index is 2.15. The molecule has 1 aliphatic rings. The van der Waals surface area contributed by atoms with E-state index < -0.39 is 17.5 Å². The molecule has 1 aromatic rings. The highest BCUT2D eigenvalue weighted by Gasteiger charge is 2.23. The maximum atomic E-state index is 12.6. The van der Waals surface area contributed by atoms with Crippen molar-refractivity contribution in [3.05, 3.63) is 29.3 Å². The van der Waals surface area contributed by atoms with Gasteiger partial charge in [0.1, 0.15) is 16.9 Å². The molecule has 0 aliphatic heterocycles. The van der Waals surface area contributed by atoms with Gasteiger partial charge in [0.05, 0.1) is 6.61 Å². The lowest BCUT2D eigenvalue weighted by Gasteiger charge is -2.23. The van der Waals surface area contributed by atoms with Crippen molar-refractivity contribution in [3.8, 4) is 5.75 Å². The summed E-state index contributed by atoms with van der Waals surface area (Å²) in [7, 11) is 0. The van der Waals surface area contributed by atoms with Crippen LogP contribution in [0.4, 0.5) is 0 Å². The molecule has 144 valence electrons. The summed E-state index contributed by atoms with van der Waals surface area (Å²) >= 11 is 0. The summed E-state index contributed by atoms with van der Waals surface area (Å²) in [6.07, 6.45) is 6.49. The first-order valence-electron chi connectivity index (χ1n) is 9.45. The van der Waals surface area contributed by atoms with Crippen LogP contribution in [0, 0.1) is 5.92 Å². The summed E-state index contributed by atoms with van der Waals surface area (Å²) in [5.41, 5.74) is 0.561. The third-order valence-corrected chi connectivity index (χ3v) is 4.49. The zero-order valence-corrected chi connectivity index (χ0v) is 16.0. The van der Waals surface area contributed by atoms with Gasteiger partial charge in [0, 0.05) is 6.42 Å². The molecule has 5 nitrogen and oxygen atoms in total. The van der Waals surface area contributed by atoms with Crippen LogP contribution in [0.5, 0.6) is 5.75 Å². The number of carbonyl (C=O) groups is 2. The highest BCUT2D eigenvalue weighted by atomic mass is 16.6.